The van der Waals surface area contributed by atoms with Crippen molar-refractivity contribution in [1.29, 1.82) is 0 Å². The van der Waals surface area contributed by atoms with Crippen LogP contribution in [0.4, 0.5) is 4.39 Å². The summed E-state index contributed by atoms with van der Waals surface area (Å²) in [5, 5.41) is 3.56. The summed E-state index contributed by atoms with van der Waals surface area (Å²) in [5.74, 6) is -0.369. The molecule has 1 aromatic rings. The number of nitrogens with one attached hydrogen (secondary N) is 1. The van der Waals surface area contributed by atoms with Crippen molar-refractivity contribution in [2.75, 3.05) is 13.2 Å². The molecule has 0 amide bonds. The number of benzene rings is 1. The fraction of sp³-hybridized carbons (Fsp3) is 0.500. The Morgan fingerprint density at radius 1 is 1.50 bits per heavy atom. The first-order chi connectivity index (χ1) is 7.75. The zero-order chi connectivity index (χ0) is 11.4. The highest BCUT2D eigenvalue weighted by Crippen LogP contribution is 2.16. The van der Waals surface area contributed by atoms with E-state index in [1.54, 1.807) is 12.1 Å². The maximum Gasteiger partial charge on any atom is 0.141 e. The van der Waals surface area contributed by atoms with Crippen LogP contribution in [0.5, 0.6) is 0 Å². The fourth-order valence-electron chi connectivity index (χ4n) is 1.81. The Bertz CT molecular complexity index is 353. The number of halogens is 2. The molecule has 4 heteroatoms. The van der Waals surface area contributed by atoms with Gasteiger partial charge in [0.05, 0.1) is 11.6 Å². The van der Waals surface area contributed by atoms with Gasteiger partial charge in [-0.15, -0.1) is 0 Å². The lowest BCUT2D eigenvalue weighted by Crippen LogP contribution is -2.36. The number of rotatable bonds is 3. The Kier molecular flexibility index (Phi) is 4.16. The van der Waals surface area contributed by atoms with Crippen LogP contribution in [-0.2, 0) is 11.3 Å². The van der Waals surface area contributed by atoms with Crippen molar-refractivity contribution < 1.29 is 9.13 Å². The lowest BCUT2D eigenvalue weighted by molar-refractivity contribution is 0.0699. The smallest absolute Gasteiger partial charge is 0.141 e. The van der Waals surface area contributed by atoms with Gasteiger partial charge in [0.1, 0.15) is 5.82 Å². The Morgan fingerprint density at radius 3 is 3.06 bits per heavy atom. The van der Waals surface area contributed by atoms with Gasteiger partial charge in [0.15, 0.2) is 0 Å². The molecule has 1 saturated heterocycles. The zero-order valence-electron chi connectivity index (χ0n) is 9.01. The molecule has 0 bridgehead atoms. The van der Waals surface area contributed by atoms with E-state index in [2.05, 4.69) is 5.32 Å². The van der Waals surface area contributed by atoms with Crippen molar-refractivity contribution in [3.8, 4) is 0 Å². The van der Waals surface area contributed by atoms with Gasteiger partial charge in [-0.3, -0.25) is 0 Å². The van der Waals surface area contributed by atoms with Crippen molar-refractivity contribution in [1.82, 2.24) is 5.32 Å². The van der Waals surface area contributed by atoms with Gasteiger partial charge in [-0.25, -0.2) is 4.39 Å². The minimum atomic E-state index is -0.369. The second-order valence-electron chi connectivity index (χ2n) is 4.04. The van der Waals surface area contributed by atoms with E-state index in [0.717, 1.165) is 31.6 Å². The van der Waals surface area contributed by atoms with Crippen LogP contribution >= 0.6 is 11.6 Å². The van der Waals surface area contributed by atoms with Crippen LogP contribution in [-0.4, -0.2) is 19.3 Å². The summed E-state index contributed by atoms with van der Waals surface area (Å²) in [7, 11) is 0. The maximum atomic E-state index is 12.9. The quantitative estimate of drug-likeness (QED) is 0.882. The first-order valence-electron chi connectivity index (χ1n) is 5.51. The molecule has 2 nitrogen and oxygen atoms in total. The van der Waals surface area contributed by atoms with Crippen LogP contribution in [0.3, 0.4) is 0 Å². The average Bonchev–Trinajstić information content (AvgIpc) is 2.32. The highest BCUT2D eigenvalue weighted by atomic mass is 35.5. The molecule has 16 heavy (non-hydrogen) atoms. The standard InChI is InChI=1S/C12H15ClFNO/c13-11-6-9(3-4-12(11)14)7-15-10-2-1-5-16-8-10/h3-4,6,10,15H,1-2,5,7-8H2. The predicted molar refractivity (Wildman–Crippen MR) is 62.1 cm³/mol. The second kappa shape index (κ2) is 5.62. The van der Waals surface area contributed by atoms with Gasteiger partial charge in [-0.05, 0) is 30.5 Å². The molecule has 2 rings (SSSR count). The molecule has 1 aromatic carbocycles. The molecule has 1 heterocycles. The predicted octanol–water partition coefficient (Wildman–Crippen LogP) is 2.75. The number of ether oxygens (including phenoxy) is 1. The SMILES string of the molecule is Fc1ccc(CNC2CCCOC2)cc1Cl. The number of hydrogen-bond acceptors (Lipinski definition) is 2. The van der Waals surface area contributed by atoms with Gasteiger partial charge in [-0.1, -0.05) is 17.7 Å². The second-order valence-corrected chi connectivity index (χ2v) is 4.45. The first kappa shape index (κ1) is 11.8. The van der Waals surface area contributed by atoms with Crippen molar-refractivity contribution in [3.63, 3.8) is 0 Å². The molecule has 88 valence electrons. The molecule has 1 aliphatic heterocycles. The summed E-state index contributed by atoms with van der Waals surface area (Å²) in [4.78, 5) is 0. The topological polar surface area (TPSA) is 21.3 Å². The summed E-state index contributed by atoms with van der Waals surface area (Å²) in [5.41, 5.74) is 0.997. The van der Waals surface area contributed by atoms with Gasteiger partial charge in [0, 0.05) is 19.2 Å². The van der Waals surface area contributed by atoms with E-state index < -0.39 is 0 Å². The zero-order valence-corrected chi connectivity index (χ0v) is 9.77. The molecule has 0 aromatic heterocycles. The monoisotopic (exact) mass is 243 g/mol. The average molecular weight is 244 g/mol. The third-order valence-corrected chi connectivity index (χ3v) is 3.03. The van der Waals surface area contributed by atoms with Crippen molar-refractivity contribution in [2.45, 2.75) is 25.4 Å². The summed E-state index contributed by atoms with van der Waals surface area (Å²) in [6.07, 6.45) is 2.23. The van der Waals surface area contributed by atoms with E-state index in [1.807, 2.05) is 0 Å². The summed E-state index contributed by atoms with van der Waals surface area (Å²) < 4.78 is 18.3. The van der Waals surface area contributed by atoms with Gasteiger partial charge >= 0.3 is 0 Å². The molecular weight excluding hydrogens is 229 g/mol. The Hall–Kier alpha value is -0.640. The Balaban J connectivity index is 1.86. The largest absolute Gasteiger partial charge is 0.380 e. The van der Waals surface area contributed by atoms with Crippen LogP contribution in [0, 0.1) is 5.82 Å². The molecule has 1 aliphatic rings. The highest BCUT2D eigenvalue weighted by molar-refractivity contribution is 6.30. The molecule has 1 N–H and O–H groups in total. The van der Waals surface area contributed by atoms with E-state index in [0.29, 0.717) is 12.6 Å². The molecule has 0 radical (unpaired) electrons. The van der Waals surface area contributed by atoms with E-state index in [-0.39, 0.29) is 10.8 Å². The van der Waals surface area contributed by atoms with Gasteiger partial charge < -0.3 is 10.1 Å². The molecule has 0 saturated carbocycles. The van der Waals surface area contributed by atoms with Crippen LogP contribution in [0.25, 0.3) is 0 Å². The third kappa shape index (κ3) is 3.17. The van der Waals surface area contributed by atoms with Crippen molar-refractivity contribution in [2.24, 2.45) is 0 Å². The van der Waals surface area contributed by atoms with E-state index in [4.69, 9.17) is 16.3 Å². The fourth-order valence-corrected chi connectivity index (χ4v) is 2.02. The van der Waals surface area contributed by atoms with Gasteiger partial charge in [-0.2, -0.15) is 0 Å². The minimum Gasteiger partial charge on any atom is -0.380 e. The molecule has 0 spiro atoms. The molecule has 1 unspecified atom stereocenters. The molecule has 0 aliphatic carbocycles. The van der Waals surface area contributed by atoms with E-state index in [1.165, 1.54) is 6.07 Å². The normalized spacial score (nSPS) is 21.0. The summed E-state index contributed by atoms with van der Waals surface area (Å²) in [6, 6.07) is 5.21. The first-order valence-corrected chi connectivity index (χ1v) is 5.88. The Labute approximate surface area is 99.7 Å². The molecule has 1 fully saturated rings. The van der Waals surface area contributed by atoms with Gasteiger partial charge in [0.2, 0.25) is 0 Å². The lowest BCUT2D eigenvalue weighted by atomic mass is 10.1. The Morgan fingerprint density at radius 2 is 2.38 bits per heavy atom. The van der Waals surface area contributed by atoms with Crippen LogP contribution in [0.15, 0.2) is 18.2 Å². The van der Waals surface area contributed by atoms with Crippen LogP contribution in [0.1, 0.15) is 18.4 Å². The minimum absolute atomic E-state index is 0.180. The highest BCUT2D eigenvalue weighted by Gasteiger charge is 2.12. The van der Waals surface area contributed by atoms with Crippen LogP contribution in [0.2, 0.25) is 5.02 Å². The summed E-state index contributed by atoms with van der Waals surface area (Å²) in [6.45, 7) is 2.32. The third-order valence-electron chi connectivity index (χ3n) is 2.74. The number of hydrogen-bond donors (Lipinski definition) is 1. The maximum absolute atomic E-state index is 12.9. The molecule has 1 atom stereocenters. The van der Waals surface area contributed by atoms with Crippen molar-refractivity contribution >= 4 is 11.6 Å². The summed E-state index contributed by atoms with van der Waals surface area (Å²) >= 11 is 5.71. The molecular formula is C12H15ClFNO. The van der Waals surface area contributed by atoms with Crippen LogP contribution < -0.4 is 5.32 Å². The lowest BCUT2D eigenvalue weighted by Gasteiger charge is -2.23. The van der Waals surface area contributed by atoms with E-state index in [9.17, 15) is 4.39 Å². The van der Waals surface area contributed by atoms with Crippen molar-refractivity contribution in [3.05, 3.63) is 34.6 Å². The van der Waals surface area contributed by atoms with E-state index >= 15 is 0 Å². The van der Waals surface area contributed by atoms with Gasteiger partial charge in [0.25, 0.3) is 0 Å².